The van der Waals surface area contributed by atoms with E-state index < -0.39 is 11.7 Å². The number of hydrogen-bond donors (Lipinski definition) is 1. The molecule has 0 saturated carbocycles. The molecular weight excluding hydrogens is 443 g/mol. The number of unbranched alkanes of at least 4 members (excludes halogenated alkanes) is 1. The molecule has 33 heavy (non-hydrogen) atoms. The van der Waals surface area contributed by atoms with Crippen molar-refractivity contribution in [3.63, 3.8) is 0 Å². The summed E-state index contributed by atoms with van der Waals surface area (Å²) < 4.78 is 17.2. The molecule has 11 heteroatoms. The number of nitrogens with zero attached hydrogens (tertiary/aromatic N) is 7. The maximum Gasteiger partial charge on any atom is 0.259 e. The Morgan fingerprint density at radius 1 is 1.27 bits per heavy atom. The fourth-order valence-electron chi connectivity index (χ4n) is 3.29. The fraction of sp³-hybridized carbons (Fsp3) is 0.364. The van der Waals surface area contributed by atoms with Crippen LogP contribution < -0.4 is 10.2 Å². The minimum atomic E-state index is -0.632. The zero-order chi connectivity index (χ0) is 23.5. The van der Waals surface area contributed by atoms with Gasteiger partial charge >= 0.3 is 0 Å². The predicted octanol–water partition coefficient (Wildman–Crippen LogP) is 4.55. The molecule has 0 radical (unpaired) electrons. The monoisotopic (exact) mass is 468 g/mol. The number of amides is 1. The van der Waals surface area contributed by atoms with Crippen molar-refractivity contribution in [2.24, 2.45) is 0 Å². The molecule has 172 valence electrons. The molecule has 0 bridgehead atoms. The number of rotatable bonds is 8. The van der Waals surface area contributed by atoms with Crippen LogP contribution in [0.2, 0.25) is 0 Å². The van der Waals surface area contributed by atoms with Gasteiger partial charge in [-0.3, -0.25) is 4.79 Å². The first-order valence-corrected chi connectivity index (χ1v) is 11.6. The maximum atomic E-state index is 14.8. The molecule has 0 saturated heterocycles. The first-order valence-electron chi connectivity index (χ1n) is 10.7. The van der Waals surface area contributed by atoms with Crippen molar-refractivity contribution in [2.75, 3.05) is 23.8 Å². The van der Waals surface area contributed by atoms with Gasteiger partial charge in [-0.1, -0.05) is 30.7 Å². The van der Waals surface area contributed by atoms with Crippen LogP contribution in [0.15, 0.2) is 30.3 Å². The van der Waals surface area contributed by atoms with Crippen LogP contribution in [0.25, 0.3) is 21.7 Å². The van der Waals surface area contributed by atoms with Gasteiger partial charge in [-0.05, 0) is 48.9 Å². The number of hydrogen-bond acceptors (Lipinski definition) is 8. The fourth-order valence-corrected chi connectivity index (χ4v) is 4.26. The number of carbonyl (C=O) groups is 1. The molecule has 0 fully saturated rings. The second-order valence-electron chi connectivity index (χ2n) is 7.97. The number of thiazole rings is 1. The van der Waals surface area contributed by atoms with Crippen LogP contribution in [0, 0.1) is 5.82 Å². The number of nitrogens with one attached hydrogen (secondary N) is 1. The summed E-state index contributed by atoms with van der Waals surface area (Å²) in [6.45, 7) is 6.91. The molecule has 4 rings (SSSR count). The number of carbonyl (C=O) groups excluding carboxylic acids is 1. The lowest BCUT2D eigenvalue weighted by Gasteiger charge is -2.14. The minimum Gasteiger partial charge on any atom is -0.351 e. The van der Waals surface area contributed by atoms with Gasteiger partial charge in [-0.2, -0.15) is 0 Å². The zero-order valence-corrected chi connectivity index (χ0v) is 19.7. The molecule has 0 aliphatic carbocycles. The lowest BCUT2D eigenvalue weighted by molar-refractivity contribution is 0.102. The predicted molar refractivity (Wildman–Crippen MR) is 127 cm³/mol. The highest BCUT2D eigenvalue weighted by Crippen LogP contribution is 2.30. The summed E-state index contributed by atoms with van der Waals surface area (Å²) in [7, 11) is 1.96. The number of tetrazole rings is 1. The Kier molecular flexibility index (Phi) is 6.59. The number of anilines is 2. The quantitative estimate of drug-likeness (QED) is 0.405. The van der Waals surface area contributed by atoms with Crippen molar-refractivity contribution in [3.05, 3.63) is 41.7 Å². The highest BCUT2D eigenvalue weighted by atomic mass is 32.1. The van der Waals surface area contributed by atoms with Crippen LogP contribution in [-0.2, 0) is 0 Å². The number of halogens is 1. The third kappa shape index (κ3) is 4.82. The van der Waals surface area contributed by atoms with E-state index in [4.69, 9.17) is 0 Å². The van der Waals surface area contributed by atoms with Crippen LogP contribution in [0.3, 0.4) is 0 Å². The normalized spacial score (nSPS) is 11.3. The average molecular weight is 469 g/mol. The molecule has 0 aliphatic heterocycles. The van der Waals surface area contributed by atoms with E-state index in [1.807, 2.05) is 25.8 Å². The highest BCUT2D eigenvalue weighted by Gasteiger charge is 2.18. The third-order valence-electron chi connectivity index (χ3n) is 5.09. The van der Waals surface area contributed by atoms with E-state index >= 15 is 0 Å². The summed E-state index contributed by atoms with van der Waals surface area (Å²) in [6.07, 6.45) is 2.12. The van der Waals surface area contributed by atoms with Gasteiger partial charge < -0.3 is 10.2 Å². The molecule has 1 amide bonds. The summed E-state index contributed by atoms with van der Waals surface area (Å²) in [5.41, 5.74) is 0.978. The van der Waals surface area contributed by atoms with Crippen molar-refractivity contribution >= 4 is 38.4 Å². The number of pyridine rings is 1. The Balaban J connectivity index is 1.58. The molecular formula is C22H25FN8OS. The van der Waals surface area contributed by atoms with Crippen LogP contribution in [-0.4, -0.2) is 49.7 Å². The lowest BCUT2D eigenvalue weighted by atomic mass is 10.2. The van der Waals surface area contributed by atoms with Gasteiger partial charge in [0, 0.05) is 19.7 Å². The second kappa shape index (κ2) is 9.57. The summed E-state index contributed by atoms with van der Waals surface area (Å²) in [4.78, 5) is 23.9. The smallest absolute Gasteiger partial charge is 0.259 e. The Hall–Kier alpha value is -3.47. The Bertz CT molecular complexity index is 1280. The summed E-state index contributed by atoms with van der Waals surface area (Å²) >= 11 is 1.43. The highest BCUT2D eigenvalue weighted by molar-refractivity contribution is 7.22. The molecule has 3 heterocycles. The van der Waals surface area contributed by atoms with Gasteiger partial charge in [0.25, 0.3) is 5.91 Å². The molecule has 0 unspecified atom stereocenters. The Morgan fingerprint density at radius 2 is 2.09 bits per heavy atom. The number of benzene rings is 1. The molecule has 9 nitrogen and oxygen atoms in total. The van der Waals surface area contributed by atoms with Crippen molar-refractivity contribution in [1.82, 2.24) is 30.2 Å². The van der Waals surface area contributed by atoms with E-state index in [0.29, 0.717) is 17.0 Å². The summed E-state index contributed by atoms with van der Waals surface area (Å²) in [5, 5.41) is 15.2. The van der Waals surface area contributed by atoms with E-state index in [0.717, 1.165) is 29.2 Å². The van der Waals surface area contributed by atoms with Gasteiger partial charge in [0.1, 0.15) is 17.3 Å². The van der Waals surface area contributed by atoms with Gasteiger partial charge in [0.05, 0.1) is 21.8 Å². The molecule has 1 aromatic carbocycles. The van der Waals surface area contributed by atoms with Gasteiger partial charge in [-0.15, -0.1) is 5.10 Å². The second-order valence-corrected chi connectivity index (χ2v) is 8.98. The summed E-state index contributed by atoms with van der Waals surface area (Å²) in [5.74, 6) is -0.456. The summed E-state index contributed by atoms with van der Waals surface area (Å²) in [6, 6.07) is 8.01. The first kappa shape index (κ1) is 22.7. The van der Waals surface area contributed by atoms with E-state index in [2.05, 4.69) is 37.7 Å². The van der Waals surface area contributed by atoms with E-state index in [1.54, 1.807) is 22.9 Å². The number of aromatic nitrogens is 6. The zero-order valence-electron chi connectivity index (χ0n) is 18.9. The van der Waals surface area contributed by atoms with Crippen molar-refractivity contribution in [1.29, 1.82) is 0 Å². The number of fused-ring (bicyclic) bond motifs is 1. The third-order valence-corrected chi connectivity index (χ3v) is 6.22. The average Bonchev–Trinajstić information content (AvgIpc) is 3.44. The molecule has 0 atom stereocenters. The van der Waals surface area contributed by atoms with Crippen LogP contribution in [0.4, 0.5) is 15.3 Å². The van der Waals surface area contributed by atoms with E-state index in [-0.39, 0.29) is 17.4 Å². The Labute approximate surface area is 194 Å². The van der Waals surface area contributed by atoms with Crippen molar-refractivity contribution in [3.8, 4) is 11.5 Å². The molecule has 0 spiro atoms. The van der Waals surface area contributed by atoms with Crippen LogP contribution in [0.5, 0.6) is 0 Å². The van der Waals surface area contributed by atoms with Crippen LogP contribution in [0.1, 0.15) is 50.0 Å². The van der Waals surface area contributed by atoms with Crippen molar-refractivity contribution < 1.29 is 9.18 Å². The molecule has 4 aromatic rings. The van der Waals surface area contributed by atoms with Crippen LogP contribution >= 0.6 is 11.3 Å². The standard InChI is InChI=1S/C22H25FN8OS/c1-5-6-10-30(4)22-25-17-12-15(23)14(11-18(17)33-22)21(32)26-19-9-7-8-16(24-19)20-27-28-29-31(20)13(2)3/h7-9,11-13H,5-6,10H2,1-4H3,(H,24,26,32). The lowest BCUT2D eigenvalue weighted by Crippen LogP contribution is -2.17. The van der Waals surface area contributed by atoms with E-state index in [9.17, 15) is 9.18 Å². The molecule has 0 aliphatic rings. The van der Waals surface area contributed by atoms with Gasteiger partial charge in [0.2, 0.25) is 5.82 Å². The van der Waals surface area contributed by atoms with Crippen molar-refractivity contribution in [2.45, 2.75) is 39.7 Å². The molecule has 1 N–H and O–H groups in total. The van der Waals surface area contributed by atoms with Gasteiger partial charge in [-0.25, -0.2) is 19.0 Å². The molecule has 3 aromatic heterocycles. The largest absolute Gasteiger partial charge is 0.351 e. The maximum absolute atomic E-state index is 14.8. The Morgan fingerprint density at radius 3 is 2.85 bits per heavy atom. The topological polar surface area (TPSA) is 102 Å². The van der Waals surface area contributed by atoms with Gasteiger partial charge in [0.15, 0.2) is 5.13 Å². The SMILES string of the molecule is CCCCN(C)c1nc2cc(F)c(C(=O)Nc3cccc(-c4nnnn4C(C)C)n3)cc2s1. The van der Waals surface area contributed by atoms with E-state index in [1.165, 1.54) is 23.5 Å². The first-order chi connectivity index (χ1) is 15.9. The minimum absolute atomic E-state index is 0.0428.